The first kappa shape index (κ1) is 16.0. The van der Waals surface area contributed by atoms with Crippen molar-refractivity contribution in [2.75, 3.05) is 26.2 Å². The fraction of sp³-hybridized carbons (Fsp3) is 0.588. The van der Waals surface area contributed by atoms with Crippen LogP contribution in [0.25, 0.3) is 0 Å². The highest BCUT2D eigenvalue weighted by Gasteiger charge is 2.15. The number of rotatable bonds is 6. The van der Waals surface area contributed by atoms with Gasteiger partial charge in [-0.25, -0.2) is 0 Å². The normalized spacial score (nSPS) is 16.9. The Morgan fingerprint density at radius 1 is 1.29 bits per heavy atom. The monoisotopic (exact) mass is 289 g/mol. The number of amides is 1. The van der Waals surface area contributed by atoms with Gasteiger partial charge in [0.2, 0.25) is 5.91 Å². The van der Waals surface area contributed by atoms with Crippen molar-refractivity contribution in [1.29, 1.82) is 0 Å². The fourth-order valence-corrected chi connectivity index (χ4v) is 2.80. The molecule has 1 aliphatic rings. The van der Waals surface area contributed by atoms with Gasteiger partial charge in [0, 0.05) is 19.6 Å². The summed E-state index contributed by atoms with van der Waals surface area (Å²) in [5.74, 6) is 0.935. The third kappa shape index (κ3) is 5.14. The lowest BCUT2D eigenvalue weighted by Gasteiger charge is -2.30. The topological polar surface area (TPSA) is 58.4 Å². The van der Waals surface area contributed by atoms with Gasteiger partial charge < -0.3 is 16.0 Å². The van der Waals surface area contributed by atoms with E-state index in [4.69, 9.17) is 5.73 Å². The Balaban J connectivity index is 1.70. The predicted molar refractivity (Wildman–Crippen MR) is 85.9 cm³/mol. The molecule has 1 aromatic carbocycles. The van der Waals surface area contributed by atoms with Crippen LogP contribution >= 0.6 is 0 Å². The number of hydrogen-bond acceptors (Lipinski definition) is 3. The van der Waals surface area contributed by atoms with Crippen LogP contribution in [-0.4, -0.2) is 37.0 Å². The summed E-state index contributed by atoms with van der Waals surface area (Å²) in [4.78, 5) is 14.4. The van der Waals surface area contributed by atoms with E-state index in [1.807, 2.05) is 24.3 Å². The molecule has 3 N–H and O–H groups in total. The minimum atomic E-state index is 0.0845. The Morgan fingerprint density at radius 3 is 2.62 bits per heavy atom. The molecule has 4 heteroatoms. The molecule has 116 valence electrons. The maximum atomic E-state index is 12.0. The van der Waals surface area contributed by atoms with Crippen LogP contribution in [0.4, 0.5) is 0 Å². The quantitative estimate of drug-likeness (QED) is 0.835. The largest absolute Gasteiger partial charge is 0.355 e. The van der Waals surface area contributed by atoms with E-state index in [-0.39, 0.29) is 5.91 Å². The van der Waals surface area contributed by atoms with E-state index in [1.165, 1.54) is 12.8 Å². The standard InChI is InChI=1S/C17H27N3O/c1-14-6-9-20(10-7-14)11-8-19-17(21)12-15-4-2-3-5-16(15)13-18/h2-5,14H,6-13,18H2,1H3,(H,19,21). The zero-order valence-electron chi connectivity index (χ0n) is 13.0. The maximum Gasteiger partial charge on any atom is 0.224 e. The molecule has 0 unspecified atom stereocenters. The summed E-state index contributed by atoms with van der Waals surface area (Å²) < 4.78 is 0. The molecule has 1 fully saturated rings. The molecule has 0 spiro atoms. The van der Waals surface area contributed by atoms with Crippen LogP contribution in [0.3, 0.4) is 0 Å². The van der Waals surface area contributed by atoms with E-state index < -0.39 is 0 Å². The van der Waals surface area contributed by atoms with Crippen molar-refractivity contribution in [1.82, 2.24) is 10.2 Å². The molecule has 1 saturated heterocycles. The fourth-order valence-electron chi connectivity index (χ4n) is 2.80. The molecule has 0 saturated carbocycles. The van der Waals surface area contributed by atoms with E-state index in [2.05, 4.69) is 17.1 Å². The van der Waals surface area contributed by atoms with Crippen LogP contribution in [0.2, 0.25) is 0 Å². The van der Waals surface area contributed by atoms with Crippen LogP contribution in [0.15, 0.2) is 24.3 Å². The number of carbonyl (C=O) groups excluding carboxylic acids is 1. The molecular weight excluding hydrogens is 262 g/mol. The summed E-state index contributed by atoms with van der Waals surface area (Å²) in [7, 11) is 0. The molecule has 1 amide bonds. The molecule has 0 atom stereocenters. The third-order valence-corrected chi connectivity index (χ3v) is 4.32. The second-order valence-corrected chi connectivity index (χ2v) is 6.02. The Bertz CT molecular complexity index is 453. The van der Waals surface area contributed by atoms with Crippen molar-refractivity contribution in [2.24, 2.45) is 11.7 Å². The van der Waals surface area contributed by atoms with Crippen molar-refractivity contribution in [2.45, 2.75) is 32.7 Å². The zero-order valence-corrected chi connectivity index (χ0v) is 13.0. The van der Waals surface area contributed by atoms with Crippen molar-refractivity contribution in [3.05, 3.63) is 35.4 Å². The average Bonchev–Trinajstić information content (AvgIpc) is 2.50. The van der Waals surface area contributed by atoms with Crippen molar-refractivity contribution in [3.8, 4) is 0 Å². The first-order valence-corrected chi connectivity index (χ1v) is 7.95. The van der Waals surface area contributed by atoms with E-state index in [0.717, 1.165) is 43.2 Å². The van der Waals surface area contributed by atoms with Gasteiger partial charge in [-0.05, 0) is 43.0 Å². The Kier molecular flexibility index (Phi) is 6.21. The van der Waals surface area contributed by atoms with Crippen LogP contribution in [0.5, 0.6) is 0 Å². The molecule has 21 heavy (non-hydrogen) atoms. The molecule has 1 heterocycles. The van der Waals surface area contributed by atoms with Gasteiger partial charge in [0.05, 0.1) is 6.42 Å². The number of nitrogens with zero attached hydrogens (tertiary/aromatic N) is 1. The smallest absolute Gasteiger partial charge is 0.224 e. The molecule has 4 nitrogen and oxygen atoms in total. The minimum Gasteiger partial charge on any atom is -0.355 e. The Labute approximate surface area is 127 Å². The molecule has 0 radical (unpaired) electrons. The summed E-state index contributed by atoms with van der Waals surface area (Å²) in [6.45, 7) is 6.80. The molecule has 1 aliphatic heterocycles. The van der Waals surface area contributed by atoms with Gasteiger partial charge in [-0.15, -0.1) is 0 Å². The van der Waals surface area contributed by atoms with Crippen LogP contribution in [0, 0.1) is 5.92 Å². The number of carbonyl (C=O) groups is 1. The van der Waals surface area contributed by atoms with Crippen LogP contribution in [-0.2, 0) is 17.8 Å². The van der Waals surface area contributed by atoms with Gasteiger partial charge in [0.15, 0.2) is 0 Å². The first-order chi connectivity index (χ1) is 10.2. The summed E-state index contributed by atoms with van der Waals surface area (Å²) >= 11 is 0. The summed E-state index contributed by atoms with van der Waals surface area (Å²) in [6, 6.07) is 7.88. The minimum absolute atomic E-state index is 0.0845. The van der Waals surface area contributed by atoms with E-state index in [9.17, 15) is 4.79 Å². The van der Waals surface area contributed by atoms with E-state index in [1.54, 1.807) is 0 Å². The Hall–Kier alpha value is -1.39. The molecule has 0 aliphatic carbocycles. The van der Waals surface area contributed by atoms with Gasteiger partial charge >= 0.3 is 0 Å². The lowest BCUT2D eigenvalue weighted by atomic mass is 9.99. The molecule has 1 aromatic rings. The molecule has 2 rings (SSSR count). The summed E-state index contributed by atoms with van der Waals surface area (Å²) in [5.41, 5.74) is 7.78. The second kappa shape index (κ2) is 8.15. The highest BCUT2D eigenvalue weighted by molar-refractivity contribution is 5.78. The van der Waals surface area contributed by atoms with Crippen LogP contribution < -0.4 is 11.1 Å². The van der Waals surface area contributed by atoms with Gasteiger partial charge in [-0.1, -0.05) is 31.2 Å². The SMILES string of the molecule is CC1CCN(CCNC(=O)Cc2ccccc2CN)CC1. The number of benzene rings is 1. The van der Waals surface area contributed by atoms with E-state index >= 15 is 0 Å². The van der Waals surface area contributed by atoms with Gasteiger partial charge in [0.25, 0.3) is 0 Å². The predicted octanol–water partition coefficient (Wildman–Crippen LogP) is 1.54. The molecule has 0 aromatic heterocycles. The van der Waals surface area contributed by atoms with Crippen molar-refractivity contribution >= 4 is 5.91 Å². The number of hydrogen-bond donors (Lipinski definition) is 2. The van der Waals surface area contributed by atoms with Crippen molar-refractivity contribution in [3.63, 3.8) is 0 Å². The number of nitrogens with one attached hydrogen (secondary N) is 1. The lowest BCUT2D eigenvalue weighted by Crippen LogP contribution is -2.39. The molecule has 0 bridgehead atoms. The maximum absolute atomic E-state index is 12.0. The molecular formula is C17H27N3O. The van der Waals surface area contributed by atoms with Gasteiger partial charge in [-0.3, -0.25) is 4.79 Å². The Morgan fingerprint density at radius 2 is 1.95 bits per heavy atom. The number of likely N-dealkylation sites (tertiary alicyclic amines) is 1. The van der Waals surface area contributed by atoms with Crippen LogP contribution in [0.1, 0.15) is 30.9 Å². The highest BCUT2D eigenvalue weighted by atomic mass is 16.1. The van der Waals surface area contributed by atoms with Crippen molar-refractivity contribution < 1.29 is 4.79 Å². The van der Waals surface area contributed by atoms with Gasteiger partial charge in [-0.2, -0.15) is 0 Å². The lowest BCUT2D eigenvalue weighted by molar-refractivity contribution is -0.120. The second-order valence-electron chi connectivity index (χ2n) is 6.02. The zero-order chi connectivity index (χ0) is 15.1. The number of piperidine rings is 1. The van der Waals surface area contributed by atoms with E-state index in [0.29, 0.717) is 13.0 Å². The first-order valence-electron chi connectivity index (χ1n) is 7.95. The average molecular weight is 289 g/mol. The van der Waals surface area contributed by atoms with Gasteiger partial charge in [0.1, 0.15) is 0 Å². The highest BCUT2D eigenvalue weighted by Crippen LogP contribution is 2.15. The summed E-state index contributed by atoms with van der Waals surface area (Å²) in [5, 5.41) is 3.02. The number of nitrogens with two attached hydrogens (primary N) is 1. The third-order valence-electron chi connectivity index (χ3n) is 4.32. The summed E-state index contributed by atoms with van der Waals surface area (Å²) in [6.07, 6.45) is 2.97.